The zero-order valence-corrected chi connectivity index (χ0v) is 9.99. The second-order valence-electron chi connectivity index (χ2n) is 3.39. The highest BCUT2D eigenvalue weighted by atomic mass is 35.5. The summed E-state index contributed by atoms with van der Waals surface area (Å²) in [6.07, 6.45) is 7.25. The fourth-order valence-electron chi connectivity index (χ4n) is 1.40. The van der Waals surface area contributed by atoms with Crippen LogP contribution in [0.25, 0.3) is 0 Å². The van der Waals surface area contributed by atoms with Crippen LogP contribution in [-0.4, -0.2) is 22.4 Å². The SMILES string of the molecule is Cl.NCCCCCC(=NO)c1cccnc1. The van der Waals surface area contributed by atoms with E-state index >= 15 is 0 Å². The van der Waals surface area contributed by atoms with Gasteiger partial charge >= 0.3 is 0 Å². The summed E-state index contributed by atoms with van der Waals surface area (Å²) in [5, 5.41) is 12.2. The molecule has 0 unspecified atom stereocenters. The highest BCUT2D eigenvalue weighted by Crippen LogP contribution is 2.07. The van der Waals surface area contributed by atoms with Crippen molar-refractivity contribution in [1.82, 2.24) is 4.98 Å². The van der Waals surface area contributed by atoms with Crippen LogP contribution in [0.5, 0.6) is 0 Å². The molecule has 4 nitrogen and oxygen atoms in total. The van der Waals surface area contributed by atoms with Crippen LogP contribution in [0.1, 0.15) is 31.2 Å². The average molecular weight is 244 g/mol. The molecule has 90 valence electrons. The van der Waals surface area contributed by atoms with Crippen LogP contribution in [-0.2, 0) is 0 Å². The smallest absolute Gasteiger partial charge is 0.0883 e. The van der Waals surface area contributed by atoms with Gasteiger partial charge in [0, 0.05) is 18.0 Å². The Morgan fingerprint density at radius 3 is 2.75 bits per heavy atom. The van der Waals surface area contributed by atoms with E-state index in [1.807, 2.05) is 12.1 Å². The normalized spacial score (nSPS) is 10.9. The molecule has 0 aliphatic carbocycles. The molecule has 0 aliphatic heterocycles. The Hall–Kier alpha value is -1.13. The van der Waals surface area contributed by atoms with Crippen molar-refractivity contribution in [3.8, 4) is 0 Å². The lowest BCUT2D eigenvalue weighted by Crippen LogP contribution is -2.03. The molecule has 5 heteroatoms. The van der Waals surface area contributed by atoms with Gasteiger partial charge in [-0.3, -0.25) is 4.98 Å². The van der Waals surface area contributed by atoms with E-state index in [-0.39, 0.29) is 12.4 Å². The summed E-state index contributed by atoms with van der Waals surface area (Å²) in [4.78, 5) is 3.99. The van der Waals surface area contributed by atoms with E-state index in [1.165, 1.54) is 0 Å². The van der Waals surface area contributed by atoms with Crippen LogP contribution < -0.4 is 5.73 Å². The zero-order valence-electron chi connectivity index (χ0n) is 9.17. The molecule has 0 bridgehead atoms. The van der Waals surface area contributed by atoms with Crippen molar-refractivity contribution in [3.63, 3.8) is 0 Å². The number of oxime groups is 1. The summed E-state index contributed by atoms with van der Waals surface area (Å²) in [6.45, 7) is 0.721. The maximum absolute atomic E-state index is 8.87. The molecule has 3 N–H and O–H groups in total. The molecular weight excluding hydrogens is 226 g/mol. The van der Waals surface area contributed by atoms with Crippen LogP contribution in [0.15, 0.2) is 29.7 Å². The molecule has 1 heterocycles. The number of rotatable bonds is 6. The lowest BCUT2D eigenvalue weighted by molar-refractivity contribution is 0.317. The van der Waals surface area contributed by atoms with Crippen molar-refractivity contribution in [2.45, 2.75) is 25.7 Å². The third kappa shape index (κ3) is 5.09. The Morgan fingerprint density at radius 1 is 1.38 bits per heavy atom. The predicted octanol–water partition coefficient (Wildman–Crippen LogP) is 2.20. The summed E-state index contributed by atoms with van der Waals surface area (Å²) < 4.78 is 0. The van der Waals surface area contributed by atoms with E-state index in [2.05, 4.69) is 10.1 Å². The van der Waals surface area contributed by atoms with E-state index in [4.69, 9.17) is 10.9 Å². The largest absolute Gasteiger partial charge is 0.411 e. The Labute approximate surface area is 102 Å². The molecule has 0 radical (unpaired) electrons. The fourth-order valence-corrected chi connectivity index (χ4v) is 1.40. The van der Waals surface area contributed by atoms with Gasteiger partial charge < -0.3 is 10.9 Å². The van der Waals surface area contributed by atoms with Crippen LogP contribution in [0.4, 0.5) is 0 Å². The number of hydrogen-bond acceptors (Lipinski definition) is 4. The van der Waals surface area contributed by atoms with Crippen LogP contribution >= 0.6 is 12.4 Å². The first-order valence-electron chi connectivity index (χ1n) is 5.20. The van der Waals surface area contributed by atoms with E-state index in [0.717, 1.165) is 37.8 Å². The van der Waals surface area contributed by atoms with Gasteiger partial charge in [0.2, 0.25) is 0 Å². The molecule has 0 saturated heterocycles. The van der Waals surface area contributed by atoms with Crippen molar-refractivity contribution in [2.24, 2.45) is 10.9 Å². The van der Waals surface area contributed by atoms with E-state index in [9.17, 15) is 0 Å². The minimum Gasteiger partial charge on any atom is -0.411 e. The second kappa shape index (κ2) is 9.12. The van der Waals surface area contributed by atoms with Gasteiger partial charge in [0.1, 0.15) is 0 Å². The molecule has 1 rings (SSSR count). The van der Waals surface area contributed by atoms with Gasteiger partial charge in [-0.15, -0.1) is 12.4 Å². The Morgan fingerprint density at radius 2 is 2.19 bits per heavy atom. The van der Waals surface area contributed by atoms with Gasteiger partial charge in [-0.25, -0.2) is 0 Å². The maximum Gasteiger partial charge on any atom is 0.0883 e. The summed E-state index contributed by atoms with van der Waals surface area (Å²) in [6, 6.07) is 3.73. The molecule has 0 amide bonds. The highest BCUT2D eigenvalue weighted by molar-refractivity contribution is 5.99. The van der Waals surface area contributed by atoms with Crippen molar-refractivity contribution < 1.29 is 5.21 Å². The van der Waals surface area contributed by atoms with Crippen LogP contribution in [0, 0.1) is 0 Å². The number of nitrogens with two attached hydrogens (primary N) is 1. The number of unbranched alkanes of at least 4 members (excludes halogenated alkanes) is 2. The molecule has 0 atom stereocenters. The van der Waals surface area contributed by atoms with E-state index < -0.39 is 0 Å². The zero-order chi connectivity index (χ0) is 10.9. The minimum absolute atomic E-state index is 0. The maximum atomic E-state index is 8.87. The van der Waals surface area contributed by atoms with Crippen molar-refractivity contribution >= 4 is 18.1 Å². The molecule has 1 aromatic rings. The quantitative estimate of drug-likeness (QED) is 0.348. The third-order valence-electron chi connectivity index (χ3n) is 2.23. The number of halogens is 1. The first-order valence-corrected chi connectivity index (χ1v) is 5.20. The highest BCUT2D eigenvalue weighted by Gasteiger charge is 2.03. The predicted molar refractivity (Wildman–Crippen MR) is 67.3 cm³/mol. The fraction of sp³-hybridized carbons (Fsp3) is 0.455. The first-order chi connectivity index (χ1) is 7.38. The average Bonchev–Trinajstić information content (AvgIpc) is 2.30. The van der Waals surface area contributed by atoms with Crippen molar-refractivity contribution in [2.75, 3.05) is 6.54 Å². The summed E-state index contributed by atoms with van der Waals surface area (Å²) in [5.74, 6) is 0. The second-order valence-corrected chi connectivity index (χ2v) is 3.39. The standard InChI is InChI=1S/C11H17N3O.ClH/c12-7-3-1-2-6-11(14-15)10-5-4-8-13-9-10;/h4-5,8-9,15H,1-3,6-7,12H2;1H. The number of hydrogen-bond donors (Lipinski definition) is 2. The third-order valence-corrected chi connectivity index (χ3v) is 2.23. The lowest BCUT2D eigenvalue weighted by Gasteiger charge is -2.03. The van der Waals surface area contributed by atoms with Crippen molar-refractivity contribution in [1.29, 1.82) is 0 Å². The van der Waals surface area contributed by atoms with Gasteiger partial charge in [-0.05, 0) is 37.9 Å². The van der Waals surface area contributed by atoms with Gasteiger partial charge in [0.15, 0.2) is 0 Å². The Balaban J connectivity index is 0.00000225. The molecule has 0 aliphatic rings. The van der Waals surface area contributed by atoms with Gasteiger partial charge in [0.25, 0.3) is 0 Å². The summed E-state index contributed by atoms with van der Waals surface area (Å²) in [7, 11) is 0. The first kappa shape index (κ1) is 14.9. The van der Waals surface area contributed by atoms with Crippen LogP contribution in [0.2, 0.25) is 0 Å². The van der Waals surface area contributed by atoms with Crippen LogP contribution in [0.3, 0.4) is 0 Å². The Bertz CT molecular complexity index is 303. The number of pyridine rings is 1. The minimum atomic E-state index is 0. The monoisotopic (exact) mass is 243 g/mol. The van der Waals surface area contributed by atoms with Gasteiger partial charge in [-0.2, -0.15) is 0 Å². The molecule has 16 heavy (non-hydrogen) atoms. The lowest BCUT2D eigenvalue weighted by atomic mass is 10.1. The summed E-state index contributed by atoms with van der Waals surface area (Å²) >= 11 is 0. The molecule has 1 aromatic heterocycles. The summed E-state index contributed by atoms with van der Waals surface area (Å²) in [5.41, 5.74) is 6.98. The van der Waals surface area contributed by atoms with Gasteiger partial charge in [-0.1, -0.05) is 11.6 Å². The van der Waals surface area contributed by atoms with E-state index in [0.29, 0.717) is 5.71 Å². The van der Waals surface area contributed by atoms with Crippen molar-refractivity contribution in [3.05, 3.63) is 30.1 Å². The molecule has 0 saturated carbocycles. The van der Waals surface area contributed by atoms with Gasteiger partial charge in [0.05, 0.1) is 5.71 Å². The number of aromatic nitrogens is 1. The molecule has 0 fully saturated rings. The van der Waals surface area contributed by atoms with E-state index in [1.54, 1.807) is 12.4 Å². The Kier molecular flexibility index (Phi) is 8.48. The molecule has 0 aromatic carbocycles. The molecular formula is C11H18ClN3O. The molecule has 0 spiro atoms. The topological polar surface area (TPSA) is 71.5 Å². The number of nitrogens with zero attached hydrogens (tertiary/aromatic N) is 2.